The molecule has 1 amide bonds. The molecule has 1 heterocycles. The first-order valence-electron chi connectivity index (χ1n) is 6.04. The Morgan fingerprint density at radius 2 is 1.95 bits per heavy atom. The van der Waals surface area contributed by atoms with Crippen LogP contribution in [0.3, 0.4) is 0 Å². The van der Waals surface area contributed by atoms with Gasteiger partial charge in [0.15, 0.2) is 0 Å². The normalized spacial score (nSPS) is 10.8. The fourth-order valence-electron chi connectivity index (χ4n) is 2.29. The summed E-state index contributed by atoms with van der Waals surface area (Å²) in [6.07, 6.45) is 0. The molecule has 1 aromatic heterocycles. The maximum Gasteiger partial charge on any atom is 0.221 e. The van der Waals surface area contributed by atoms with Crippen LogP contribution in [0.2, 0.25) is 0 Å². The molecule has 4 nitrogen and oxygen atoms in total. The Labute approximate surface area is 110 Å². The number of aromatic amines is 1. The van der Waals surface area contributed by atoms with E-state index in [-0.39, 0.29) is 5.91 Å². The molecular formula is C15H14N2O2. The van der Waals surface area contributed by atoms with Gasteiger partial charge in [0.05, 0.1) is 12.6 Å². The van der Waals surface area contributed by atoms with Crippen molar-refractivity contribution in [3.8, 4) is 5.75 Å². The van der Waals surface area contributed by atoms with E-state index in [4.69, 9.17) is 4.74 Å². The van der Waals surface area contributed by atoms with Crippen LogP contribution in [0.5, 0.6) is 5.75 Å². The molecule has 0 bridgehead atoms. The highest BCUT2D eigenvalue weighted by molar-refractivity contribution is 6.09. The number of carbonyl (C=O) groups excluding carboxylic acids is 1. The molecule has 0 unspecified atom stereocenters. The van der Waals surface area contributed by atoms with Gasteiger partial charge in [0.25, 0.3) is 0 Å². The van der Waals surface area contributed by atoms with Crippen molar-refractivity contribution < 1.29 is 9.53 Å². The van der Waals surface area contributed by atoms with Crippen LogP contribution < -0.4 is 10.1 Å². The number of H-pyrrole nitrogens is 1. The van der Waals surface area contributed by atoms with Crippen molar-refractivity contribution in [2.75, 3.05) is 12.4 Å². The van der Waals surface area contributed by atoms with Gasteiger partial charge in [0.1, 0.15) is 5.75 Å². The monoisotopic (exact) mass is 254 g/mol. The molecule has 0 spiro atoms. The van der Waals surface area contributed by atoms with Crippen LogP contribution >= 0.6 is 0 Å². The van der Waals surface area contributed by atoms with E-state index in [1.165, 1.54) is 6.92 Å². The summed E-state index contributed by atoms with van der Waals surface area (Å²) < 4.78 is 5.22. The van der Waals surface area contributed by atoms with Gasteiger partial charge in [-0.05, 0) is 30.3 Å². The fourth-order valence-corrected chi connectivity index (χ4v) is 2.29. The summed E-state index contributed by atoms with van der Waals surface area (Å²) in [5.41, 5.74) is 2.86. The number of ether oxygens (including phenoxy) is 1. The van der Waals surface area contributed by atoms with Crippen molar-refractivity contribution in [1.82, 2.24) is 4.98 Å². The van der Waals surface area contributed by atoms with Crippen molar-refractivity contribution >= 4 is 33.4 Å². The average Bonchev–Trinajstić information content (AvgIpc) is 2.75. The minimum Gasteiger partial charge on any atom is -0.497 e. The second-order valence-corrected chi connectivity index (χ2v) is 4.48. The number of rotatable bonds is 2. The molecular weight excluding hydrogens is 240 g/mol. The number of fused-ring (bicyclic) bond motifs is 3. The number of nitrogens with one attached hydrogen (secondary N) is 2. The number of anilines is 1. The van der Waals surface area contributed by atoms with Crippen molar-refractivity contribution in [1.29, 1.82) is 0 Å². The lowest BCUT2D eigenvalue weighted by atomic mass is 10.1. The van der Waals surface area contributed by atoms with Gasteiger partial charge in [0, 0.05) is 35.0 Å². The van der Waals surface area contributed by atoms with Crippen molar-refractivity contribution in [2.45, 2.75) is 6.92 Å². The lowest BCUT2D eigenvalue weighted by Gasteiger charge is -2.01. The molecule has 0 radical (unpaired) electrons. The smallest absolute Gasteiger partial charge is 0.221 e. The van der Waals surface area contributed by atoms with E-state index in [2.05, 4.69) is 10.3 Å². The molecule has 3 aromatic rings. The molecule has 96 valence electrons. The zero-order valence-electron chi connectivity index (χ0n) is 10.8. The predicted molar refractivity (Wildman–Crippen MR) is 76.7 cm³/mol. The number of benzene rings is 2. The van der Waals surface area contributed by atoms with E-state index in [1.807, 2.05) is 36.4 Å². The standard InChI is InChI=1S/C15H14N2O2/c1-9(18)16-10-3-6-14-13(7-10)12-5-4-11(19-2)8-15(12)17-14/h3-8,17H,1-2H3,(H,16,18). The van der Waals surface area contributed by atoms with Crippen LogP contribution in [0.25, 0.3) is 21.8 Å². The highest BCUT2D eigenvalue weighted by Gasteiger charge is 2.06. The number of aromatic nitrogens is 1. The molecule has 4 heteroatoms. The van der Waals surface area contributed by atoms with E-state index >= 15 is 0 Å². The molecule has 0 aliphatic heterocycles. The van der Waals surface area contributed by atoms with Gasteiger partial charge in [-0.15, -0.1) is 0 Å². The van der Waals surface area contributed by atoms with Crippen LogP contribution in [-0.2, 0) is 4.79 Å². The van der Waals surface area contributed by atoms with Crippen LogP contribution in [0, 0.1) is 0 Å². The van der Waals surface area contributed by atoms with Crippen LogP contribution in [-0.4, -0.2) is 18.0 Å². The highest BCUT2D eigenvalue weighted by atomic mass is 16.5. The Morgan fingerprint density at radius 1 is 1.11 bits per heavy atom. The molecule has 19 heavy (non-hydrogen) atoms. The summed E-state index contributed by atoms with van der Waals surface area (Å²) in [5, 5.41) is 5.00. The van der Waals surface area contributed by atoms with E-state index in [0.29, 0.717) is 0 Å². The number of methoxy groups -OCH3 is 1. The molecule has 3 rings (SSSR count). The first kappa shape index (κ1) is 11.6. The second kappa shape index (κ2) is 4.31. The van der Waals surface area contributed by atoms with Gasteiger partial charge < -0.3 is 15.0 Å². The zero-order valence-corrected chi connectivity index (χ0v) is 10.8. The van der Waals surface area contributed by atoms with Crippen LogP contribution in [0.15, 0.2) is 36.4 Å². The van der Waals surface area contributed by atoms with Gasteiger partial charge in [-0.3, -0.25) is 4.79 Å². The number of carbonyl (C=O) groups is 1. The Balaban J connectivity index is 2.21. The molecule has 2 aromatic carbocycles. The highest BCUT2D eigenvalue weighted by Crippen LogP contribution is 2.30. The second-order valence-electron chi connectivity index (χ2n) is 4.48. The predicted octanol–water partition coefficient (Wildman–Crippen LogP) is 3.29. The minimum atomic E-state index is -0.0686. The van der Waals surface area contributed by atoms with Crippen molar-refractivity contribution in [3.63, 3.8) is 0 Å². The fraction of sp³-hybridized carbons (Fsp3) is 0.133. The third kappa shape index (κ3) is 2.01. The van der Waals surface area contributed by atoms with Crippen LogP contribution in [0.4, 0.5) is 5.69 Å². The third-order valence-corrected chi connectivity index (χ3v) is 3.13. The third-order valence-electron chi connectivity index (χ3n) is 3.13. The minimum absolute atomic E-state index is 0.0686. The molecule has 0 aliphatic carbocycles. The summed E-state index contributed by atoms with van der Waals surface area (Å²) in [4.78, 5) is 14.4. The zero-order chi connectivity index (χ0) is 13.4. The Hall–Kier alpha value is -2.49. The van der Waals surface area contributed by atoms with Crippen molar-refractivity contribution in [2.24, 2.45) is 0 Å². The largest absolute Gasteiger partial charge is 0.497 e. The van der Waals surface area contributed by atoms with Crippen molar-refractivity contribution in [3.05, 3.63) is 36.4 Å². The summed E-state index contributed by atoms with van der Waals surface area (Å²) in [6, 6.07) is 11.7. The molecule has 0 aliphatic rings. The van der Waals surface area contributed by atoms with E-state index in [0.717, 1.165) is 33.2 Å². The van der Waals surface area contributed by atoms with Gasteiger partial charge in [-0.25, -0.2) is 0 Å². The van der Waals surface area contributed by atoms with Gasteiger partial charge in [-0.1, -0.05) is 0 Å². The van der Waals surface area contributed by atoms with E-state index in [1.54, 1.807) is 7.11 Å². The lowest BCUT2D eigenvalue weighted by Crippen LogP contribution is -2.05. The first-order valence-corrected chi connectivity index (χ1v) is 6.04. The van der Waals surface area contributed by atoms with E-state index < -0.39 is 0 Å². The molecule has 0 saturated carbocycles. The van der Waals surface area contributed by atoms with E-state index in [9.17, 15) is 4.79 Å². The quantitative estimate of drug-likeness (QED) is 0.737. The summed E-state index contributed by atoms with van der Waals surface area (Å²) in [7, 11) is 1.65. The van der Waals surface area contributed by atoms with Gasteiger partial charge in [-0.2, -0.15) is 0 Å². The number of amides is 1. The Morgan fingerprint density at radius 3 is 2.68 bits per heavy atom. The molecule has 0 atom stereocenters. The topological polar surface area (TPSA) is 54.1 Å². The molecule has 2 N–H and O–H groups in total. The maximum atomic E-state index is 11.1. The maximum absolute atomic E-state index is 11.1. The average molecular weight is 254 g/mol. The summed E-state index contributed by atoms with van der Waals surface area (Å²) in [5.74, 6) is 0.752. The van der Waals surface area contributed by atoms with Gasteiger partial charge in [0.2, 0.25) is 5.91 Å². The Bertz CT molecular complexity index is 774. The summed E-state index contributed by atoms with van der Waals surface area (Å²) in [6.45, 7) is 1.50. The molecule has 0 saturated heterocycles. The SMILES string of the molecule is COc1ccc2c(c1)[nH]c1ccc(NC(C)=O)cc12. The molecule has 0 fully saturated rings. The van der Waals surface area contributed by atoms with Crippen LogP contribution in [0.1, 0.15) is 6.92 Å². The first-order chi connectivity index (χ1) is 9.17. The number of hydrogen-bond donors (Lipinski definition) is 2. The summed E-state index contributed by atoms with van der Waals surface area (Å²) >= 11 is 0. The number of hydrogen-bond acceptors (Lipinski definition) is 2. The lowest BCUT2D eigenvalue weighted by molar-refractivity contribution is -0.114. The van der Waals surface area contributed by atoms with Gasteiger partial charge >= 0.3 is 0 Å². The Kier molecular flexibility index (Phi) is 2.63.